The van der Waals surface area contributed by atoms with Crippen LogP contribution in [0, 0.1) is 11.3 Å². The molecule has 5 heteroatoms. The van der Waals surface area contributed by atoms with Crippen molar-refractivity contribution in [3.63, 3.8) is 0 Å². The van der Waals surface area contributed by atoms with Gasteiger partial charge in [0.05, 0.1) is 26.4 Å². The topological polar surface area (TPSA) is 60.0 Å². The molecule has 3 aliphatic rings. The van der Waals surface area contributed by atoms with E-state index in [1.54, 1.807) is 14.2 Å². The van der Waals surface area contributed by atoms with Gasteiger partial charge in [0.25, 0.3) is 0 Å². The van der Waals surface area contributed by atoms with Gasteiger partial charge in [0, 0.05) is 36.6 Å². The molecule has 4 rings (SSSR count). The number of rotatable bonds is 6. The highest BCUT2D eigenvalue weighted by Gasteiger charge is 2.66. The van der Waals surface area contributed by atoms with Gasteiger partial charge >= 0.3 is 0 Å². The quantitative estimate of drug-likeness (QED) is 0.836. The normalized spacial score (nSPS) is 31.0. The third-order valence-corrected chi connectivity index (χ3v) is 6.33. The Labute approximate surface area is 143 Å². The first-order valence-corrected chi connectivity index (χ1v) is 8.94. The lowest BCUT2D eigenvalue weighted by Gasteiger charge is -2.63. The van der Waals surface area contributed by atoms with Gasteiger partial charge in [0.1, 0.15) is 11.5 Å². The molecule has 1 aromatic carbocycles. The van der Waals surface area contributed by atoms with Crippen molar-refractivity contribution in [2.75, 3.05) is 27.4 Å². The standard InChI is InChI=1S/C19H27NO4/c1-22-13-8-12(9-14(10-13)23-2)16(21)11-20-17-15-4-7-24-18(15)19(17)5-3-6-19/h8-10,15-18,20-21H,3-7,11H2,1-2H3/t15-,16+,17+,18+/m0/s1. The van der Waals surface area contributed by atoms with Crippen molar-refractivity contribution in [1.29, 1.82) is 0 Å². The highest BCUT2D eigenvalue weighted by Crippen LogP contribution is 2.62. The molecule has 1 aromatic rings. The van der Waals surface area contributed by atoms with Crippen LogP contribution in [-0.4, -0.2) is 44.6 Å². The van der Waals surface area contributed by atoms with Crippen molar-refractivity contribution >= 4 is 0 Å². The van der Waals surface area contributed by atoms with Crippen molar-refractivity contribution in [2.24, 2.45) is 11.3 Å². The Kier molecular flexibility index (Phi) is 4.19. The molecule has 4 atom stereocenters. The van der Waals surface area contributed by atoms with Gasteiger partial charge in [-0.25, -0.2) is 0 Å². The highest BCUT2D eigenvalue weighted by atomic mass is 16.5. The van der Waals surface area contributed by atoms with Crippen LogP contribution in [0.4, 0.5) is 0 Å². The van der Waals surface area contributed by atoms with Gasteiger partial charge in [-0.2, -0.15) is 0 Å². The number of ether oxygens (including phenoxy) is 3. The lowest BCUT2D eigenvalue weighted by molar-refractivity contribution is -0.177. The number of hydrogen-bond donors (Lipinski definition) is 2. The van der Waals surface area contributed by atoms with Crippen molar-refractivity contribution in [2.45, 2.75) is 43.9 Å². The second-order valence-electron chi connectivity index (χ2n) is 7.38. The second-order valence-corrected chi connectivity index (χ2v) is 7.38. The Bertz CT molecular complexity index is 579. The van der Waals surface area contributed by atoms with E-state index in [1.165, 1.54) is 19.3 Å². The maximum Gasteiger partial charge on any atom is 0.122 e. The number of benzene rings is 1. The lowest BCUT2D eigenvalue weighted by atomic mass is 9.46. The molecule has 2 saturated carbocycles. The maximum absolute atomic E-state index is 10.6. The van der Waals surface area contributed by atoms with Gasteiger partial charge in [-0.15, -0.1) is 0 Å². The zero-order chi connectivity index (χ0) is 16.7. The number of hydrogen-bond acceptors (Lipinski definition) is 5. The minimum absolute atomic E-state index is 0.340. The van der Waals surface area contributed by atoms with Crippen LogP contribution >= 0.6 is 0 Å². The Balaban J connectivity index is 1.42. The van der Waals surface area contributed by atoms with Crippen molar-refractivity contribution in [1.82, 2.24) is 5.32 Å². The monoisotopic (exact) mass is 333 g/mol. The minimum Gasteiger partial charge on any atom is -0.497 e. The molecule has 24 heavy (non-hydrogen) atoms. The van der Waals surface area contributed by atoms with E-state index in [2.05, 4.69) is 5.32 Å². The van der Waals surface area contributed by atoms with E-state index < -0.39 is 6.10 Å². The first-order chi connectivity index (χ1) is 11.7. The molecule has 0 aromatic heterocycles. The van der Waals surface area contributed by atoms with E-state index in [9.17, 15) is 5.11 Å². The Hall–Kier alpha value is -1.30. The van der Waals surface area contributed by atoms with E-state index in [4.69, 9.17) is 14.2 Å². The zero-order valence-electron chi connectivity index (χ0n) is 14.5. The van der Waals surface area contributed by atoms with Crippen LogP contribution in [0.25, 0.3) is 0 Å². The van der Waals surface area contributed by atoms with Gasteiger partial charge in [-0.1, -0.05) is 6.42 Å². The van der Waals surface area contributed by atoms with Crippen LogP contribution < -0.4 is 14.8 Å². The molecular weight excluding hydrogens is 306 g/mol. The van der Waals surface area contributed by atoms with Crippen LogP contribution in [0.2, 0.25) is 0 Å². The fraction of sp³-hybridized carbons (Fsp3) is 0.684. The smallest absolute Gasteiger partial charge is 0.122 e. The van der Waals surface area contributed by atoms with Gasteiger partial charge in [0.2, 0.25) is 0 Å². The Morgan fingerprint density at radius 3 is 2.54 bits per heavy atom. The Morgan fingerprint density at radius 1 is 1.25 bits per heavy atom. The summed E-state index contributed by atoms with van der Waals surface area (Å²) in [7, 11) is 3.25. The van der Waals surface area contributed by atoms with Crippen molar-refractivity contribution < 1.29 is 19.3 Å². The molecule has 2 aliphatic carbocycles. The maximum atomic E-state index is 10.6. The molecule has 3 fully saturated rings. The third kappa shape index (κ3) is 2.41. The number of aliphatic hydroxyl groups excluding tert-OH is 1. The lowest BCUT2D eigenvalue weighted by Crippen LogP contribution is -2.71. The Morgan fingerprint density at radius 2 is 1.96 bits per heavy atom. The predicted octanol–water partition coefficient (Wildman–Crippen LogP) is 2.28. The minimum atomic E-state index is -0.576. The largest absolute Gasteiger partial charge is 0.497 e. The summed E-state index contributed by atoms with van der Waals surface area (Å²) in [5.41, 5.74) is 1.16. The molecule has 1 heterocycles. The van der Waals surface area contributed by atoms with Gasteiger partial charge in [-0.3, -0.25) is 0 Å². The SMILES string of the molecule is COc1cc(OC)cc([C@H](O)CN[C@@H]2[C@@H]3CCO[C@H]3C23CCC3)c1. The molecule has 0 amide bonds. The van der Waals surface area contributed by atoms with E-state index >= 15 is 0 Å². The number of aliphatic hydroxyl groups is 1. The summed E-state index contributed by atoms with van der Waals surface area (Å²) in [6.45, 7) is 1.44. The van der Waals surface area contributed by atoms with Crippen LogP contribution in [0.5, 0.6) is 11.5 Å². The molecule has 0 bridgehead atoms. The predicted molar refractivity (Wildman–Crippen MR) is 90.4 cm³/mol. The number of fused-ring (bicyclic) bond motifs is 2. The third-order valence-electron chi connectivity index (χ3n) is 6.33. The second kappa shape index (κ2) is 6.21. The summed E-state index contributed by atoms with van der Waals surface area (Å²) < 4.78 is 16.5. The molecule has 2 N–H and O–H groups in total. The summed E-state index contributed by atoms with van der Waals surface area (Å²) in [4.78, 5) is 0. The van der Waals surface area contributed by atoms with Crippen LogP contribution in [0.3, 0.4) is 0 Å². The highest BCUT2D eigenvalue weighted by molar-refractivity contribution is 5.39. The van der Waals surface area contributed by atoms with Gasteiger partial charge in [0.15, 0.2) is 0 Å². The van der Waals surface area contributed by atoms with Gasteiger partial charge in [-0.05, 0) is 37.0 Å². The summed E-state index contributed by atoms with van der Waals surface area (Å²) in [6, 6.07) is 6.05. The van der Waals surface area contributed by atoms with Crippen LogP contribution in [0.15, 0.2) is 18.2 Å². The summed E-state index contributed by atoms with van der Waals surface area (Å²) in [5, 5.41) is 14.3. The molecule has 1 spiro atoms. The molecular formula is C19H27NO4. The van der Waals surface area contributed by atoms with E-state index in [0.717, 1.165) is 18.6 Å². The molecule has 5 nitrogen and oxygen atoms in total. The summed E-state index contributed by atoms with van der Waals surface area (Å²) in [6.07, 6.45) is 4.85. The molecule has 0 unspecified atom stereocenters. The van der Waals surface area contributed by atoms with Crippen LogP contribution in [0.1, 0.15) is 37.4 Å². The number of nitrogens with one attached hydrogen (secondary N) is 1. The first-order valence-electron chi connectivity index (χ1n) is 8.94. The first kappa shape index (κ1) is 16.2. The van der Waals surface area contributed by atoms with Crippen molar-refractivity contribution in [3.8, 4) is 11.5 Å². The van der Waals surface area contributed by atoms with Crippen LogP contribution in [-0.2, 0) is 4.74 Å². The average molecular weight is 333 g/mol. The van der Waals surface area contributed by atoms with Crippen molar-refractivity contribution in [3.05, 3.63) is 23.8 Å². The zero-order valence-corrected chi connectivity index (χ0v) is 14.5. The molecule has 1 saturated heterocycles. The summed E-state index contributed by atoms with van der Waals surface area (Å²) in [5.74, 6) is 2.02. The van der Waals surface area contributed by atoms with E-state index in [-0.39, 0.29) is 0 Å². The fourth-order valence-electron chi connectivity index (χ4n) is 4.94. The summed E-state index contributed by atoms with van der Waals surface area (Å²) >= 11 is 0. The molecule has 132 valence electrons. The van der Waals surface area contributed by atoms with Gasteiger partial charge < -0.3 is 24.6 Å². The fourth-order valence-corrected chi connectivity index (χ4v) is 4.94. The van der Waals surface area contributed by atoms with E-state index in [0.29, 0.717) is 41.5 Å². The average Bonchev–Trinajstić information content (AvgIpc) is 2.97. The van der Waals surface area contributed by atoms with E-state index in [1.807, 2.05) is 18.2 Å². The molecule has 0 radical (unpaired) electrons. The molecule has 1 aliphatic heterocycles. The number of methoxy groups -OCH3 is 2.